The largest absolute Gasteiger partial charge is 0.481 e. The molecule has 132 valence electrons. The number of hydrogen-bond acceptors (Lipinski definition) is 4. The van der Waals surface area contributed by atoms with E-state index in [1.807, 2.05) is 54.1 Å². The minimum atomic E-state index is -0.868. The van der Waals surface area contributed by atoms with Gasteiger partial charge in [0.15, 0.2) is 0 Å². The molecule has 6 heteroatoms. The van der Waals surface area contributed by atoms with Crippen molar-refractivity contribution in [2.75, 3.05) is 5.88 Å². The van der Waals surface area contributed by atoms with Crippen LogP contribution in [0.5, 0.6) is 0 Å². The quantitative estimate of drug-likeness (QED) is 0.506. The Bertz CT molecular complexity index is 722. The van der Waals surface area contributed by atoms with Crippen molar-refractivity contribution >= 4 is 40.5 Å². The minimum Gasteiger partial charge on any atom is -0.481 e. The summed E-state index contributed by atoms with van der Waals surface area (Å²) in [6, 6.07) is 11.8. The molecule has 0 fully saturated rings. The molecule has 0 aliphatic heterocycles. The van der Waals surface area contributed by atoms with Crippen LogP contribution in [0.3, 0.4) is 0 Å². The summed E-state index contributed by atoms with van der Waals surface area (Å²) >= 11 is 3.05. The summed E-state index contributed by atoms with van der Waals surface area (Å²) < 4.78 is 0. The van der Waals surface area contributed by atoms with Gasteiger partial charge in [0.25, 0.3) is 0 Å². The second-order valence-electron chi connectivity index (χ2n) is 5.57. The van der Waals surface area contributed by atoms with Crippen LogP contribution in [0.25, 0.3) is 5.57 Å². The highest BCUT2D eigenvalue weighted by Gasteiger charge is 2.07. The Morgan fingerprint density at radius 1 is 1.24 bits per heavy atom. The van der Waals surface area contributed by atoms with Crippen molar-refractivity contribution < 1.29 is 14.7 Å². The molecule has 0 aliphatic rings. The first-order chi connectivity index (χ1) is 12.0. The van der Waals surface area contributed by atoms with Gasteiger partial charge in [0.2, 0.25) is 5.91 Å². The lowest BCUT2D eigenvalue weighted by Gasteiger charge is -2.07. The van der Waals surface area contributed by atoms with Crippen LogP contribution in [0, 0.1) is 6.92 Å². The number of amides is 1. The molecular formula is C19H21NO3S2. The fraction of sp³-hybridized carbons (Fsp3) is 0.263. The van der Waals surface area contributed by atoms with E-state index in [1.54, 1.807) is 11.3 Å². The molecule has 4 nitrogen and oxygen atoms in total. The number of carboxylic acids is 1. The second-order valence-corrected chi connectivity index (χ2v) is 7.46. The molecule has 25 heavy (non-hydrogen) atoms. The Morgan fingerprint density at radius 2 is 2.00 bits per heavy atom. The molecule has 0 unspecified atom stereocenters. The highest BCUT2D eigenvalue weighted by atomic mass is 32.2. The maximum atomic E-state index is 11.8. The van der Waals surface area contributed by atoms with Crippen LogP contribution < -0.4 is 5.32 Å². The summed E-state index contributed by atoms with van der Waals surface area (Å²) in [5, 5.41) is 15.8. The van der Waals surface area contributed by atoms with Crippen molar-refractivity contribution in [2.45, 2.75) is 26.2 Å². The number of aliphatic carboxylic acids is 1. The van der Waals surface area contributed by atoms with Gasteiger partial charge in [-0.05, 0) is 41.3 Å². The molecule has 0 aliphatic carbocycles. The number of nitrogens with one attached hydrogen (secondary N) is 1. The first kappa shape index (κ1) is 19.3. The number of carbonyl (C=O) groups excluding carboxylic acids is 1. The molecule has 0 radical (unpaired) electrons. The molecule has 2 N–H and O–H groups in total. The third-order valence-electron chi connectivity index (χ3n) is 3.52. The van der Waals surface area contributed by atoms with E-state index in [9.17, 15) is 9.59 Å². The molecule has 0 saturated heterocycles. The first-order valence-corrected chi connectivity index (χ1v) is 9.86. The van der Waals surface area contributed by atoms with Gasteiger partial charge in [-0.15, -0.1) is 23.1 Å². The number of thiophene rings is 1. The topological polar surface area (TPSA) is 66.4 Å². The molecule has 0 saturated carbocycles. The lowest BCUT2D eigenvalue weighted by molar-refractivity contribution is -0.135. The van der Waals surface area contributed by atoms with Gasteiger partial charge in [0.1, 0.15) is 0 Å². The molecular weight excluding hydrogens is 354 g/mol. The lowest BCUT2D eigenvalue weighted by atomic mass is 10.0. The molecule has 1 heterocycles. The Morgan fingerprint density at radius 3 is 2.64 bits per heavy atom. The van der Waals surface area contributed by atoms with E-state index in [1.165, 1.54) is 16.6 Å². The summed E-state index contributed by atoms with van der Waals surface area (Å²) in [6.07, 6.45) is 1.17. The zero-order chi connectivity index (χ0) is 18.1. The van der Waals surface area contributed by atoms with Crippen LogP contribution in [-0.4, -0.2) is 22.9 Å². The summed E-state index contributed by atoms with van der Waals surface area (Å²) in [5.74, 6) is -0.435. The zero-order valence-corrected chi connectivity index (χ0v) is 15.7. The number of aryl methyl sites for hydroxylation is 2. The summed E-state index contributed by atoms with van der Waals surface area (Å²) in [5.41, 5.74) is 2.76. The van der Waals surface area contributed by atoms with E-state index < -0.39 is 5.97 Å². The lowest BCUT2D eigenvalue weighted by Crippen LogP contribution is -2.22. The Balaban J connectivity index is 1.82. The van der Waals surface area contributed by atoms with Crippen LogP contribution in [0.4, 0.5) is 0 Å². The van der Waals surface area contributed by atoms with Gasteiger partial charge >= 0.3 is 5.97 Å². The van der Waals surface area contributed by atoms with E-state index in [0.717, 1.165) is 23.1 Å². The van der Waals surface area contributed by atoms with Gasteiger partial charge in [-0.3, -0.25) is 9.59 Å². The van der Waals surface area contributed by atoms with Gasteiger partial charge in [0, 0.05) is 11.3 Å². The van der Waals surface area contributed by atoms with Gasteiger partial charge in [-0.25, -0.2) is 0 Å². The third-order valence-corrected chi connectivity index (χ3v) is 5.22. The van der Waals surface area contributed by atoms with Crippen molar-refractivity contribution in [3.8, 4) is 0 Å². The Kier molecular flexibility index (Phi) is 7.76. The minimum absolute atomic E-state index is 0.00409. The fourth-order valence-corrected chi connectivity index (χ4v) is 3.64. The fourth-order valence-electron chi connectivity index (χ4n) is 2.19. The van der Waals surface area contributed by atoms with E-state index in [2.05, 4.69) is 5.32 Å². The summed E-state index contributed by atoms with van der Waals surface area (Å²) in [6.45, 7) is 1.99. The van der Waals surface area contributed by atoms with Crippen molar-refractivity contribution in [3.63, 3.8) is 0 Å². The van der Waals surface area contributed by atoms with Crippen molar-refractivity contribution in [3.05, 3.63) is 63.2 Å². The molecule has 0 atom stereocenters. The van der Waals surface area contributed by atoms with Crippen molar-refractivity contribution in [1.82, 2.24) is 5.32 Å². The van der Waals surface area contributed by atoms with Crippen LogP contribution >= 0.6 is 23.1 Å². The highest BCUT2D eigenvalue weighted by molar-refractivity contribution is 8.02. The number of carboxylic acid groups (broad SMARTS) is 1. The van der Waals surface area contributed by atoms with Gasteiger partial charge in [-0.1, -0.05) is 35.9 Å². The normalized spacial score (nSPS) is 11.3. The SMILES string of the molecule is Cc1ccc(C(=CSCNC(=O)CCc2cccs2)CC(=O)O)cc1. The Hall–Kier alpha value is -2.05. The molecule has 2 rings (SSSR count). The summed E-state index contributed by atoms with van der Waals surface area (Å²) in [4.78, 5) is 24.1. The standard InChI is InChI=1S/C19H21NO3S2/c1-14-4-6-15(7-5-14)16(11-19(22)23)12-24-13-20-18(21)9-8-17-3-2-10-25-17/h2-7,10,12H,8-9,11,13H2,1H3,(H,20,21)(H,22,23). The molecule has 1 aromatic heterocycles. The van der Waals surface area contributed by atoms with Crippen molar-refractivity contribution in [2.24, 2.45) is 0 Å². The number of benzene rings is 1. The molecule has 0 spiro atoms. The van der Waals surface area contributed by atoms with Crippen LogP contribution in [0.1, 0.15) is 28.8 Å². The van der Waals surface area contributed by atoms with Gasteiger partial charge < -0.3 is 10.4 Å². The van der Waals surface area contributed by atoms with E-state index >= 15 is 0 Å². The van der Waals surface area contributed by atoms with E-state index in [4.69, 9.17) is 5.11 Å². The Labute approximate surface area is 156 Å². The number of hydrogen-bond donors (Lipinski definition) is 2. The number of rotatable bonds is 9. The molecule has 0 bridgehead atoms. The van der Waals surface area contributed by atoms with Crippen LogP contribution in [0.2, 0.25) is 0 Å². The average molecular weight is 376 g/mol. The molecule has 2 aromatic rings. The second kappa shape index (κ2) is 10.1. The zero-order valence-electron chi connectivity index (χ0n) is 14.0. The van der Waals surface area contributed by atoms with E-state index in [-0.39, 0.29) is 12.3 Å². The maximum absolute atomic E-state index is 11.8. The van der Waals surface area contributed by atoms with E-state index in [0.29, 0.717) is 12.3 Å². The average Bonchev–Trinajstić information content (AvgIpc) is 3.10. The maximum Gasteiger partial charge on any atom is 0.307 e. The summed E-state index contributed by atoms with van der Waals surface area (Å²) in [7, 11) is 0. The highest BCUT2D eigenvalue weighted by Crippen LogP contribution is 2.22. The smallest absolute Gasteiger partial charge is 0.307 e. The number of thioether (sulfide) groups is 1. The van der Waals surface area contributed by atoms with Crippen LogP contribution in [0.15, 0.2) is 47.2 Å². The first-order valence-electron chi connectivity index (χ1n) is 7.93. The van der Waals surface area contributed by atoms with Crippen LogP contribution in [-0.2, 0) is 16.0 Å². The number of carbonyl (C=O) groups is 2. The monoisotopic (exact) mass is 375 g/mol. The predicted octanol–water partition coefficient (Wildman–Crippen LogP) is 4.31. The predicted molar refractivity (Wildman–Crippen MR) is 105 cm³/mol. The van der Waals surface area contributed by atoms with Gasteiger partial charge in [-0.2, -0.15) is 0 Å². The third kappa shape index (κ3) is 7.15. The molecule has 1 aromatic carbocycles. The van der Waals surface area contributed by atoms with Gasteiger partial charge in [0.05, 0.1) is 12.3 Å². The van der Waals surface area contributed by atoms with Crippen molar-refractivity contribution in [1.29, 1.82) is 0 Å². The molecule has 1 amide bonds.